The molecule has 3 heteroatoms. The van der Waals surface area contributed by atoms with Crippen molar-refractivity contribution in [1.29, 1.82) is 0 Å². The van der Waals surface area contributed by atoms with Crippen molar-refractivity contribution < 1.29 is 0 Å². The summed E-state index contributed by atoms with van der Waals surface area (Å²) in [6.45, 7) is 3.37. The first-order chi connectivity index (χ1) is 12.3. The summed E-state index contributed by atoms with van der Waals surface area (Å²) in [6.07, 6.45) is 11.1. The van der Waals surface area contributed by atoms with Crippen molar-refractivity contribution in [3.05, 3.63) is 65.4 Å². The van der Waals surface area contributed by atoms with Gasteiger partial charge < -0.3 is 0 Å². The van der Waals surface area contributed by atoms with Gasteiger partial charge in [-0.2, -0.15) is 5.10 Å². The maximum absolute atomic E-state index is 5.44. The fraction of sp³-hybridized carbons (Fsp3) is 0.318. The molecule has 2 aromatic carbocycles. The van der Waals surface area contributed by atoms with Crippen LogP contribution in [0.1, 0.15) is 29.5 Å². The quantitative estimate of drug-likeness (QED) is 0.734. The molecule has 0 unspecified atom stereocenters. The Morgan fingerprint density at radius 3 is 2.84 bits per heavy atom. The van der Waals surface area contributed by atoms with E-state index in [-0.39, 0.29) is 0 Å². The lowest BCUT2D eigenvalue weighted by atomic mass is 9.90. The van der Waals surface area contributed by atoms with Crippen LogP contribution in [-0.2, 0) is 13.0 Å². The van der Waals surface area contributed by atoms with Gasteiger partial charge in [0.05, 0.1) is 11.7 Å². The molecule has 0 saturated carbocycles. The lowest BCUT2D eigenvalue weighted by molar-refractivity contribution is 0.167. The number of H-pyrrole nitrogens is 1. The molecule has 0 aliphatic carbocycles. The number of aromatic nitrogens is 2. The largest absolute Gasteiger partial charge is 0.299 e. The molecule has 0 bridgehead atoms. The molecule has 0 radical (unpaired) electrons. The molecule has 1 aliphatic heterocycles. The molecule has 2 heterocycles. The molecule has 1 aliphatic rings. The number of nitrogens with zero attached hydrogens (tertiary/aromatic N) is 2. The molecule has 126 valence electrons. The van der Waals surface area contributed by atoms with E-state index in [4.69, 9.17) is 6.42 Å². The fourth-order valence-corrected chi connectivity index (χ4v) is 3.88. The van der Waals surface area contributed by atoms with Gasteiger partial charge in [-0.05, 0) is 67.1 Å². The van der Waals surface area contributed by atoms with Crippen LogP contribution in [0.25, 0.3) is 10.9 Å². The topological polar surface area (TPSA) is 31.9 Å². The third-order valence-electron chi connectivity index (χ3n) is 5.16. The Balaban J connectivity index is 1.39. The fourth-order valence-electron chi connectivity index (χ4n) is 3.88. The molecule has 1 fully saturated rings. The minimum Gasteiger partial charge on any atom is -0.299 e. The zero-order valence-corrected chi connectivity index (χ0v) is 14.4. The van der Waals surface area contributed by atoms with Gasteiger partial charge in [-0.15, -0.1) is 6.42 Å². The Hall–Kier alpha value is -2.57. The summed E-state index contributed by atoms with van der Waals surface area (Å²) in [5, 5.41) is 8.34. The van der Waals surface area contributed by atoms with Gasteiger partial charge in [-0.1, -0.05) is 24.1 Å². The second-order valence-electron chi connectivity index (χ2n) is 7.08. The van der Waals surface area contributed by atoms with Crippen LogP contribution in [0.2, 0.25) is 0 Å². The van der Waals surface area contributed by atoms with Crippen molar-refractivity contribution in [2.75, 3.05) is 13.1 Å². The van der Waals surface area contributed by atoms with Crippen LogP contribution in [-0.4, -0.2) is 28.2 Å². The number of benzene rings is 2. The maximum Gasteiger partial charge on any atom is 0.0650 e. The lowest BCUT2D eigenvalue weighted by Gasteiger charge is -2.33. The van der Waals surface area contributed by atoms with E-state index in [2.05, 4.69) is 51.3 Å². The molecule has 4 rings (SSSR count). The summed E-state index contributed by atoms with van der Waals surface area (Å²) >= 11 is 0. The van der Waals surface area contributed by atoms with Crippen LogP contribution >= 0.6 is 0 Å². The van der Waals surface area contributed by atoms with Gasteiger partial charge in [0.1, 0.15) is 0 Å². The maximum atomic E-state index is 5.44. The zero-order valence-electron chi connectivity index (χ0n) is 14.4. The number of piperidine rings is 1. The number of likely N-dealkylation sites (tertiary alicyclic amines) is 1. The predicted octanol–water partition coefficient (Wildman–Crippen LogP) is 4.00. The molecule has 1 aromatic heterocycles. The summed E-state index contributed by atoms with van der Waals surface area (Å²) in [5.74, 6) is 3.41. The molecular weight excluding hydrogens is 306 g/mol. The SMILES string of the molecule is C#Cc1ccc(CN2CCC[C@H](Cc3ccc4[nH]ncc4c3)C2)cc1. The molecule has 1 N–H and O–H groups in total. The average molecular weight is 329 g/mol. The van der Waals surface area contributed by atoms with Crippen molar-refractivity contribution in [2.24, 2.45) is 5.92 Å². The van der Waals surface area contributed by atoms with Crippen molar-refractivity contribution in [3.8, 4) is 12.3 Å². The van der Waals surface area contributed by atoms with Crippen LogP contribution in [0.5, 0.6) is 0 Å². The van der Waals surface area contributed by atoms with E-state index in [0.29, 0.717) is 0 Å². The molecule has 3 aromatic rings. The van der Waals surface area contributed by atoms with E-state index in [9.17, 15) is 0 Å². The highest BCUT2D eigenvalue weighted by Gasteiger charge is 2.20. The highest BCUT2D eigenvalue weighted by molar-refractivity contribution is 5.78. The van der Waals surface area contributed by atoms with Gasteiger partial charge >= 0.3 is 0 Å². The van der Waals surface area contributed by atoms with Gasteiger partial charge in [0.15, 0.2) is 0 Å². The van der Waals surface area contributed by atoms with Gasteiger partial charge in [0.2, 0.25) is 0 Å². The number of rotatable bonds is 4. The first kappa shape index (κ1) is 15.9. The summed E-state index contributed by atoms with van der Waals surface area (Å²) in [6, 6.07) is 15.0. The van der Waals surface area contributed by atoms with Gasteiger partial charge in [0, 0.05) is 24.0 Å². The van der Waals surface area contributed by atoms with Crippen LogP contribution in [0.15, 0.2) is 48.7 Å². The first-order valence-electron chi connectivity index (χ1n) is 9.00. The van der Waals surface area contributed by atoms with Crippen molar-refractivity contribution in [3.63, 3.8) is 0 Å². The number of hydrogen-bond acceptors (Lipinski definition) is 2. The molecule has 1 atom stereocenters. The molecule has 3 nitrogen and oxygen atoms in total. The van der Waals surface area contributed by atoms with Crippen molar-refractivity contribution in [1.82, 2.24) is 15.1 Å². The smallest absolute Gasteiger partial charge is 0.0650 e. The number of aromatic amines is 1. The Kier molecular flexibility index (Phi) is 4.54. The van der Waals surface area contributed by atoms with E-state index in [1.165, 1.54) is 42.4 Å². The van der Waals surface area contributed by atoms with E-state index < -0.39 is 0 Å². The molecule has 25 heavy (non-hydrogen) atoms. The average Bonchev–Trinajstić information content (AvgIpc) is 3.10. The minimum atomic E-state index is 0.725. The summed E-state index contributed by atoms with van der Waals surface area (Å²) < 4.78 is 0. The van der Waals surface area contributed by atoms with Gasteiger partial charge in [0.25, 0.3) is 0 Å². The lowest BCUT2D eigenvalue weighted by Crippen LogP contribution is -2.35. The number of hydrogen-bond donors (Lipinski definition) is 1. The molecular formula is C22H23N3. The Morgan fingerprint density at radius 2 is 2.00 bits per heavy atom. The second-order valence-corrected chi connectivity index (χ2v) is 7.08. The van der Waals surface area contributed by atoms with Crippen LogP contribution < -0.4 is 0 Å². The molecule has 1 saturated heterocycles. The second kappa shape index (κ2) is 7.13. The van der Waals surface area contributed by atoms with E-state index in [1.807, 2.05) is 18.3 Å². The Bertz CT molecular complexity index is 886. The third kappa shape index (κ3) is 3.75. The standard InChI is InChI=1S/C22H23N3/c1-2-17-5-7-18(8-6-17)15-25-11-3-4-20(16-25)12-19-9-10-22-21(13-19)14-23-24-22/h1,5-10,13-14,20H,3-4,11-12,15-16H2,(H,23,24)/t20-/m1/s1. The number of nitrogens with one attached hydrogen (secondary N) is 1. The van der Waals surface area contributed by atoms with Crippen molar-refractivity contribution >= 4 is 10.9 Å². The highest BCUT2D eigenvalue weighted by Crippen LogP contribution is 2.24. The highest BCUT2D eigenvalue weighted by atomic mass is 15.1. The van der Waals surface area contributed by atoms with E-state index >= 15 is 0 Å². The third-order valence-corrected chi connectivity index (χ3v) is 5.16. The number of fused-ring (bicyclic) bond motifs is 1. The molecule has 0 spiro atoms. The number of terminal acetylenes is 1. The Labute approximate surface area is 149 Å². The summed E-state index contributed by atoms with van der Waals surface area (Å²) in [4.78, 5) is 2.58. The zero-order chi connectivity index (χ0) is 17.1. The summed E-state index contributed by atoms with van der Waals surface area (Å²) in [5.41, 5.74) is 4.83. The summed E-state index contributed by atoms with van der Waals surface area (Å²) in [7, 11) is 0. The Morgan fingerprint density at radius 1 is 1.16 bits per heavy atom. The van der Waals surface area contributed by atoms with Gasteiger partial charge in [-0.3, -0.25) is 10.00 Å². The van der Waals surface area contributed by atoms with Crippen LogP contribution in [0.3, 0.4) is 0 Å². The van der Waals surface area contributed by atoms with Crippen molar-refractivity contribution in [2.45, 2.75) is 25.8 Å². The van der Waals surface area contributed by atoms with E-state index in [0.717, 1.165) is 30.0 Å². The van der Waals surface area contributed by atoms with Gasteiger partial charge in [-0.25, -0.2) is 0 Å². The predicted molar refractivity (Wildman–Crippen MR) is 102 cm³/mol. The normalized spacial score (nSPS) is 18.3. The van der Waals surface area contributed by atoms with Crippen LogP contribution in [0.4, 0.5) is 0 Å². The molecule has 0 amide bonds. The monoisotopic (exact) mass is 329 g/mol. The first-order valence-corrected chi connectivity index (χ1v) is 9.00. The minimum absolute atomic E-state index is 0.725. The van der Waals surface area contributed by atoms with E-state index in [1.54, 1.807) is 0 Å². The van der Waals surface area contributed by atoms with Crippen LogP contribution in [0, 0.1) is 18.3 Å².